The van der Waals surface area contributed by atoms with Crippen molar-refractivity contribution in [2.75, 3.05) is 20.3 Å². The lowest BCUT2D eigenvalue weighted by atomic mass is 10.3. The van der Waals surface area contributed by atoms with Gasteiger partial charge in [-0.3, -0.25) is 0 Å². The third-order valence-corrected chi connectivity index (χ3v) is 4.22. The number of benzene rings is 1. The smallest absolute Gasteiger partial charge is 0.241 e. The second-order valence-corrected chi connectivity index (χ2v) is 5.56. The Morgan fingerprint density at radius 3 is 2.75 bits per heavy atom. The average Bonchev–Trinajstić information content (AvgIpc) is 2.17. The SMILES string of the molecule is COCCNS(=O)(=O)c1ccc(F)cc1Br. The molecule has 1 N–H and O–H groups in total. The fourth-order valence-corrected chi connectivity index (χ4v) is 3.11. The van der Waals surface area contributed by atoms with Crippen LogP contribution in [0.4, 0.5) is 4.39 Å². The normalized spacial score (nSPS) is 11.7. The zero-order chi connectivity index (χ0) is 12.2. The van der Waals surface area contributed by atoms with E-state index < -0.39 is 15.8 Å². The minimum absolute atomic E-state index is 0.00463. The van der Waals surface area contributed by atoms with Gasteiger partial charge in [-0.1, -0.05) is 0 Å². The minimum atomic E-state index is -3.62. The number of nitrogens with one attached hydrogen (secondary N) is 1. The number of ether oxygens (including phenoxy) is 1. The van der Waals surface area contributed by atoms with Gasteiger partial charge in [0.15, 0.2) is 0 Å². The molecule has 7 heteroatoms. The Bertz CT molecular complexity index is 464. The van der Waals surface area contributed by atoms with Crippen molar-refractivity contribution in [2.24, 2.45) is 0 Å². The quantitative estimate of drug-likeness (QED) is 0.839. The van der Waals surface area contributed by atoms with Crippen LogP contribution in [0.5, 0.6) is 0 Å². The molecule has 0 fully saturated rings. The maximum Gasteiger partial charge on any atom is 0.241 e. The second kappa shape index (κ2) is 5.72. The molecule has 0 bridgehead atoms. The van der Waals surface area contributed by atoms with E-state index in [1.807, 2.05) is 0 Å². The number of hydrogen-bond donors (Lipinski definition) is 1. The first-order chi connectivity index (χ1) is 7.47. The fourth-order valence-electron chi connectivity index (χ4n) is 1.05. The van der Waals surface area contributed by atoms with Gasteiger partial charge in [0.2, 0.25) is 10.0 Å². The molecule has 0 aliphatic rings. The van der Waals surface area contributed by atoms with Crippen molar-refractivity contribution in [1.29, 1.82) is 0 Å². The number of hydrogen-bond acceptors (Lipinski definition) is 3. The van der Waals surface area contributed by atoms with Crippen LogP contribution in [-0.2, 0) is 14.8 Å². The van der Waals surface area contributed by atoms with Crippen LogP contribution in [0.2, 0.25) is 0 Å². The Morgan fingerprint density at radius 2 is 2.19 bits per heavy atom. The summed E-state index contributed by atoms with van der Waals surface area (Å²) >= 11 is 3.00. The summed E-state index contributed by atoms with van der Waals surface area (Å²) in [5.41, 5.74) is 0. The van der Waals surface area contributed by atoms with E-state index in [4.69, 9.17) is 4.74 Å². The Kier molecular flexibility index (Phi) is 4.85. The molecular formula is C9H11BrFNO3S. The topological polar surface area (TPSA) is 55.4 Å². The Hall–Kier alpha value is -0.500. The standard InChI is InChI=1S/C9H11BrFNO3S/c1-15-5-4-12-16(13,14)9-3-2-7(11)6-8(9)10/h2-3,6,12H,4-5H2,1H3. The van der Waals surface area contributed by atoms with E-state index in [2.05, 4.69) is 20.7 Å². The van der Waals surface area contributed by atoms with Gasteiger partial charge in [-0.15, -0.1) is 0 Å². The zero-order valence-corrected chi connectivity index (χ0v) is 10.9. The van der Waals surface area contributed by atoms with Crippen molar-refractivity contribution in [3.05, 3.63) is 28.5 Å². The largest absolute Gasteiger partial charge is 0.383 e. The first kappa shape index (κ1) is 13.6. The van der Waals surface area contributed by atoms with Gasteiger partial charge in [-0.05, 0) is 34.1 Å². The van der Waals surface area contributed by atoms with E-state index in [1.54, 1.807) is 0 Å². The summed E-state index contributed by atoms with van der Waals surface area (Å²) in [6.45, 7) is 0.445. The number of halogens is 2. The van der Waals surface area contributed by atoms with E-state index >= 15 is 0 Å². The third-order valence-electron chi connectivity index (χ3n) is 1.78. The average molecular weight is 312 g/mol. The number of methoxy groups -OCH3 is 1. The molecule has 0 amide bonds. The van der Waals surface area contributed by atoms with Gasteiger partial charge in [0.25, 0.3) is 0 Å². The highest BCUT2D eigenvalue weighted by molar-refractivity contribution is 9.10. The molecule has 0 aromatic heterocycles. The number of rotatable bonds is 5. The summed E-state index contributed by atoms with van der Waals surface area (Å²) in [5.74, 6) is -0.497. The monoisotopic (exact) mass is 311 g/mol. The highest BCUT2D eigenvalue weighted by Gasteiger charge is 2.17. The molecule has 0 spiro atoms. The molecule has 0 atom stereocenters. The molecule has 1 rings (SSSR count). The van der Waals surface area contributed by atoms with Crippen molar-refractivity contribution in [1.82, 2.24) is 4.72 Å². The summed E-state index contributed by atoms with van der Waals surface area (Å²) in [6.07, 6.45) is 0. The second-order valence-electron chi connectivity index (χ2n) is 2.97. The summed E-state index contributed by atoms with van der Waals surface area (Å²) in [4.78, 5) is 0.00463. The molecule has 0 saturated heterocycles. The van der Waals surface area contributed by atoms with E-state index in [9.17, 15) is 12.8 Å². The first-order valence-electron chi connectivity index (χ1n) is 4.41. The predicted molar refractivity (Wildman–Crippen MR) is 61.2 cm³/mol. The van der Waals surface area contributed by atoms with Crippen molar-refractivity contribution in [3.8, 4) is 0 Å². The van der Waals surface area contributed by atoms with E-state index in [-0.39, 0.29) is 22.5 Å². The fraction of sp³-hybridized carbons (Fsp3) is 0.333. The van der Waals surface area contributed by atoms with Crippen LogP contribution >= 0.6 is 15.9 Å². The van der Waals surface area contributed by atoms with E-state index in [0.717, 1.165) is 12.1 Å². The molecule has 0 unspecified atom stereocenters. The highest BCUT2D eigenvalue weighted by atomic mass is 79.9. The maximum atomic E-state index is 12.8. The first-order valence-corrected chi connectivity index (χ1v) is 6.68. The van der Waals surface area contributed by atoms with Gasteiger partial charge in [0, 0.05) is 18.1 Å². The van der Waals surface area contributed by atoms with Gasteiger partial charge in [0.05, 0.1) is 11.5 Å². The molecule has 0 aliphatic carbocycles. The van der Waals surface area contributed by atoms with Crippen LogP contribution in [0.25, 0.3) is 0 Å². The zero-order valence-electron chi connectivity index (χ0n) is 8.54. The molecule has 0 heterocycles. The van der Waals surface area contributed by atoms with Gasteiger partial charge in [-0.25, -0.2) is 17.5 Å². The lowest BCUT2D eigenvalue weighted by molar-refractivity contribution is 0.204. The molecule has 0 saturated carbocycles. The summed E-state index contributed by atoms with van der Waals surface area (Å²) in [7, 11) is -2.15. The van der Waals surface area contributed by atoms with Gasteiger partial charge in [-0.2, -0.15) is 0 Å². The van der Waals surface area contributed by atoms with Crippen molar-refractivity contribution in [2.45, 2.75) is 4.90 Å². The van der Waals surface area contributed by atoms with Crippen LogP contribution in [0.15, 0.2) is 27.6 Å². The van der Waals surface area contributed by atoms with Gasteiger partial charge in [0.1, 0.15) is 5.82 Å². The van der Waals surface area contributed by atoms with E-state index in [1.165, 1.54) is 13.2 Å². The third kappa shape index (κ3) is 3.51. The van der Waals surface area contributed by atoms with Crippen molar-refractivity contribution >= 4 is 26.0 Å². The molecule has 1 aromatic carbocycles. The van der Waals surface area contributed by atoms with Crippen LogP contribution in [-0.4, -0.2) is 28.7 Å². The van der Waals surface area contributed by atoms with Gasteiger partial charge < -0.3 is 4.74 Å². The summed E-state index contributed by atoms with van der Waals surface area (Å²) in [6, 6.07) is 3.40. The minimum Gasteiger partial charge on any atom is -0.383 e. The Morgan fingerprint density at radius 1 is 1.50 bits per heavy atom. The lowest BCUT2D eigenvalue weighted by Crippen LogP contribution is -2.27. The van der Waals surface area contributed by atoms with Crippen LogP contribution in [0.1, 0.15) is 0 Å². The highest BCUT2D eigenvalue weighted by Crippen LogP contribution is 2.22. The predicted octanol–water partition coefficient (Wildman–Crippen LogP) is 1.51. The molecule has 90 valence electrons. The molecule has 16 heavy (non-hydrogen) atoms. The molecular weight excluding hydrogens is 301 g/mol. The molecule has 0 aliphatic heterocycles. The van der Waals surface area contributed by atoms with Crippen LogP contribution in [0.3, 0.4) is 0 Å². The maximum absolute atomic E-state index is 12.8. The number of sulfonamides is 1. The summed E-state index contributed by atoms with van der Waals surface area (Å²) < 4.78 is 43.5. The van der Waals surface area contributed by atoms with Crippen molar-refractivity contribution < 1.29 is 17.5 Å². The van der Waals surface area contributed by atoms with Gasteiger partial charge >= 0.3 is 0 Å². The molecule has 1 aromatic rings. The molecule has 4 nitrogen and oxygen atoms in total. The van der Waals surface area contributed by atoms with E-state index in [0.29, 0.717) is 0 Å². The van der Waals surface area contributed by atoms with Crippen LogP contribution < -0.4 is 4.72 Å². The molecule has 0 radical (unpaired) electrons. The van der Waals surface area contributed by atoms with Crippen molar-refractivity contribution in [3.63, 3.8) is 0 Å². The Balaban J connectivity index is 2.90. The lowest BCUT2D eigenvalue weighted by Gasteiger charge is -2.07. The summed E-state index contributed by atoms with van der Waals surface area (Å²) in [5, 5.41) is 0. The van der Waals surface area contributed by atoms with Crippen LogP contribution in [0, 0.1) is 5.82 Å². The Labute approximate surface area is 102 Å².